The van der Waals surface area contributed by atoms with Crippen molar-refractivity contribution >= 4 is 11.5 Å². The van der Waals surface area contributed by atoms with Gasteiger partial charge in [-0.05, 0) is 24.9 Å². The number of aryl methyl sites for hydroxylation is 1. The number of rotatable bonds is 4. The second-order valence-corrected chi connectivity index (χ2v) is 5.81. The Morgan fingerprint density at radius 2 is 2.14 bits per heavy atom. The van der Waals surface area contributed by atoms with Crippen LogP contribution in [0.4, 0.5) is 11.5 Å². The van der Waals surface area contributed by atoms with E-state index in [1.807, 2.05) is 13.2 Å². The van der Waals surface area contributed by atoms with Crippen LogP contribution in [0.1, 0.15) is 18.4 Å². The van der Waals surface area contributed by atoms with E-state index in [0.29, 0.717) is 6.04 Å². The Morgan fingerprint density at radius 3 is 2.86 bits per heavy atom. The molecule has 112 valence electrons. The molecule has 5 heteroatoms. The molecule has 0 saturated carbocycles. The molecule has 3 N–H and O–H groups in total. The van der Waals surface area contributed by atoms with Crippen molar-refractivity contribution in [3.63, 3.8) is 0 Å². The molecule has 21 heavy (non-hydrogen) atoms. The number of hydrogen-bond donors (Lipinski definition) is 2. The van der Waals surface area contributed by atoms with E-state index in [1.165, 1.54) is 18.4 Å². The standard InChI is InChI=1S/C16H23N5/c1-20-12-15(17)16(19-20)18-14-8-5-9-21(11-14)10-13-6-3-2-4-7-13/h2-4,6-7,12,14H,5,8-11,17H2,1H3,(H,18,19). The van der Waals surface area contributed by atoms with Gasteiger partial charge >= 0.3 is 0 Å². The van der Waals surface area contributed by atoms with Crippen molar-refractivity contribution in [1.82, 2.24) is 14.7 Å². The Balaban J connectivity index is 1.59. The van der Waals surface area contributed by atoms with Gasteiger partial charge in [-0.15, -0.1) is 0 Å². The van der Waals surface area contributed by atoms with Crippen LogP contribution >= 0.6 is 0 Å². The molecular weight excluding hydrogens is 262 g/mol. The zero-order valence-electron chi connectivity index (χ0n) is 12.5. The SMILES string of the molecule is Cn1cc(N)c(NC2CCCN(Cc3ccccc3)C2)n1. The number of hydrogen-bond acceptors (Lipinski definition) is 4. The Hall–Kier alpha value is -2.01. The molecule has 0 radical (unpaired) electrons. The minimum absolute atomic E-state index is 0.416. The average molecular weight is 285 g/mol. The summed E-state index contributed by atoms with van der Waals surface area (Å²) in [5, 5.41) is 7.86. The first-order valence-corrected chi connectivity index (χ1v) is 7.52. The van der Waals surface area contributed by atoms with Crippen LogP contribution in [0.25, 0.3) is 0 Å². The van der Waals surface area contributed by atoms with Gasteiger partial charge in [-0.1, -0.05) is 30.3 Å². The molecule has 1 aliphatic heterocycles. The summed E-state index contributed by atoms with van der Waals surface area (Å²) in [5.74, 6) is 0.809. The van der Waals surface area contributed by atoms with Crippen LogP contribution in [0.15, 0.2) is 36.5 Å². The van der Waals surface area contributed by atoms with Gasteiger partial charge in [0.05, 0.1) is 5.69 Å². The third kappa shape index (κ3) is 3.55. The molecule has 1 aromatic heterocycles. The van der Waals surface area contributed by atoms with Crippen LogP contribution in [-0.2, 0) is 13.6 Å². The Labute approximate surface area is 125 Å². The van der Waals surface area contributed by atoms with Gasteiger partial charge in [-0.2, -0.15) is 5.10 Å². The third-order valence-corrected chi connectivity index (χ3v) is 3.95. The van der Waals surface area contributed by atoms with Crippen molar-refractivity contribution in [2.45, 2.75) is 25.4 Å². The summed E-state index contributed by atoms with van der Waals surface area (Å²) in [6.45, 7) is 3.20. The molecular formula is C16H23N5. The van der Waals surface area contributed by atoms with Gasteiger partial charge < -0.3 is 11.1 Å². The number of nitrogen functional groups attached to an aromatic ring is 1. The van der Waals surface area contributed by atoms with Gasteiger partial charge in [0.15, 0.2) is 5.82 Å². The zero-order valence-corrected chi connectivity index (χ0v) is 12.5. The van der Waals surface area contributed by atoms with E-state index in [4.69, 9.17) is 5.73 Å². The average Bonchev–Trinajstić information content (AvgIpc) is 2.78. The molecule has 0 spiro atoms. The number of benzene rings is 1. The second kappa shape index (κ2) is 6.18. The van der Waals surface area contributed by atoms with E-state index in [-0.39, 0.29) is 0 Å². The number of likely N-dealkylation sites (tertiary alicyclic amines) is 1. The van der Waals surface area contributed by atoms with E-state index in [1.54, 1.807) is 4.68 Å². The lowest BCUT2D eigenvalue weighted by Crippen LogP contribution is -2.41. The van der Waals surface area contributed by atoms with Crippen molar-refractivity contribution in [3.05, 3.63) is 42.1 Å². The fourth-order valence-electron chi connectivity index (χ4n) is 2.97. The van der Waals surface area contributed by atoms with Crippen LogP contribution in [0.5, 0.6) is 0 Å². The zero-order chi connectivity index (χ0) is 14.7. The number of nitrogens with zero attached hydrogens (tertiary/aromatic N) is 3. The van der Waals surface area contributed by atoms with Crippen molar-refractivity contribution in [1.29, 1.82) is 0 Å². The molecule has 2 aromatic rings. The molecule has 1 saturated heterocycles. The normalized spacial score (nSPS) is 19.6. The van der Waals surface area contributed by atoms with Gasteiger partial charge in [0.1, 0.15) is 0 Å². The number of piperidine rings is 1. The van der Waals surface area contributed by atoms with Gasteiger partial charge in [0.25, 0.3) is 0 Å². The van der Waals surface area contributed by atoms with Crippen molar-refractivity contribution < 1.29 is 0 Å². The molecule has 1 unspecified atom stereocenters. The van der Waals surface area contributed by atoms with Gasteiger partial charge in [-0.25, -0.2) is 0 Å². The molecule has 2 heterocycles. The van der Waals surface area contributed by atoms with Crippen LogP contribution in [0.2, 0.25) is 0 Å². The molecule has 0 bridgehead atoms. The van der Waals surface area contributed by atoms with Crippen LogP contribution in [0.3, 0.4) is 0 Å². The van der Waals surface area contributed by atoms with E-state index in [9.17, 15) is 0 Å². The Morgan fingerprint density at radius 1 is 1.33 bits per heavy atom. The predicted octanol–water partition coefficient (Wildman–Crippen LogP) is 2.08. The molecule has 3 rings (SSSR count). The highest BCUT2D eigenvalue weighted by Crippen LogP contribution is 2.20. The minimum Gasteiger partial charge on any atom is -0.394 e. The van der Waals surface area contributed by atoms with Gasteiger partial charge in [0.2, 0.25) is 0 Å². The van der Waals surface area contributed by atoms with Crippen LogP contribution in [-0.4, -0.2) is 33.8 Å². The van der Waals surface area contributed by atoms with E-state index in [2.05, 4.69) is 45.6 Å². The molecule has 1 fully saturated rings. The Kier molecular flexibility index (Phi) is 4.10. The fraction of sp³-hybridized carbons (Fsp3) is 0.438. The maximum atomic E-state index is 5.96. The molecule has 5 nitrogen and oxygen atoms in total. The number of aromatic nitrogens is 2. The molecule has 1 aromatic carbocycles. The first kappa shape index (κ1) is 13.9. The number of nitrogens with two attached hydrogens (primary N) is 1. The minimum atomic E-state index is 0.416. The maximum Gasteiger partial charge on any atom is 0.171 e. The maximum absolute atomic E-state index is 5.96. The van der Waals surface area contributed by atoms with Crippen molar-refractivity contribution in [2.24, 2.45) is 7.05 Å². The molecule has 1 atom stereocenters. The number of anilines is 2. The second-order valence-electron chi connectivity index (χ2n) is 5.81. The summed E-state index contributed by atoms with van der Waals surface area (Å²) in [4.78, 5) is 2.50. The topological polar surface area (TPSA) is 59.1 Å². The summed E-state index contributed by atoms with van der Waals surface area (Å²) >= 11 is 0. The lowest BCUT2D eigenvalue weighted by molar-refractivity contribution is 0.208. The van der Waals surface area contributed by atoms with Crippen molar-refractivity contribution in [2.75, 3.05) is 24.1 Å². The quantitative estimate of drug-likeness (QED) is 0.903. The molecule has 1 aliphatic rings. The molecule has 0 aliphatic carbocycles. The number of nitrogens with one attached hydrogen (secondary N) is 1. The monoisotopic (exact) mass is 285 g/mol. The largest absolute Gasteiger partial charge is 0.394 e. The lowest BCUT2D eigenvalue weighted by atomic mass is 10.0. The summed E-state index contributed by atoms with van der Waals surface area (Å²) in [6.07, 6.45) is 4.21. The first-order chi connectivity index (χ1) is 10.2. The first-order valence-electron chi connectivity index (χ1n) is 7.52. The summed E-state index contributed by atoms with van der Waals surface area (Å²) in [7, 11) is 1.89. The highest BCUT2D eigenvalue weighted by Gasteiger charge is 2.21. The highest BCUT2D eigenvalue weighted by molar-refractivity contribution is 5.60. The smallest absolute Gasteiger partial charge is 0.171 e. The van der Waals surface area contributed by atoms with E-state index >= 15 is 0 Å². The van der Waals surface area contributed by atoms with Gasteiger partial charge in [0, 0.05) is 32.4 Å². The van der Waals surface area contributed by atoms with Gasteiger partial charge in [-0.3, -0.25) is 9.58 Å². The lowest BCUT2D eigenvalue weighted by Gasteiger charge is -2.33. The molecule has 0 amide bonds. The van der Waals surface area contributed by atoms with Crippen LogP contribution in [0, 0.1) is 0 Å². The summed E-state index contributed by atoms with van der Waals surface area (Å²) in [5.41, 5.74) is 8.05. The fourth-order valence-corrected chi connectivity index (χ4v) is 2.97. The summed E-state index contributed by atoms with van der Waals surface area (Å²) in [6, 6.07) is 11.1. The van der Waals surface area contributed by atoms with E-state index in [0.717, 1.165) is 31.1 Å². The highest BCUT2D eigenvalue weighted by atomic mass is 15.3. The predicted molar refractivity (Wildman–Crippen MR) is 86.0 cm³/mol. The van der Waals surface area contributed by atoms with E-state index < -0.39 is 0 Å². The van der Waals surface area contributed by atoms with Crippen molar-refractivity contribution in [3.8, 4) is 0 Å². The third-order valence-electron chi connectivity index (χ3n) is 3.95. The summed E-state index contributed by atoms with van der Waals surface area (Å²) < 4.78 is 1.75. The van der Waals surface area contributed by atoms with Crippen LogP contribution < -0.4 is 11.1 Å². The Bertz CT molecular complexity index is 578.